The van der Waals surface area contributed by atoms with E-state index in [1.165, 1.54) is 6.20 Å². The average molecular weight is 454 g/mol. The average Bonchev–Trinajstić information content (AvgIpc) is 3.42. The molecule has 0 unspecified atom stereocenters. The molecule has 0 amide bonds. The third-order valence-corrected chi connectivity index (χ3v) is 7.02. The Balaban J connectivity index is 1.47. The number of nitrogens with one attached hydrogen (secondary N) is 1. The molecule has 3 aromatic heterocycles. The number of hydrogen-bond donors (Lipinski definition) is 1. The number of fused-ring (bicyclic) bond motifs is 2. The zero-order chi connectivity index (χ0) is 21.5. The molecule has 0 bridgehead atoms. The minimum atomic E-state index is 0.517. The lowest BCUT2D eigenvalue weighted by Crippen LogP contribution is -2.42. The SMILES string of the molecule is Fn1ccc2c(-c3nc(N4CCOCC4)c4nc(CN5CCNCC5)sc4n3)cccc21. The highest BCUT2D eigenvalue weighted by Crippen LogP contribution is 2.34. The molecule has 1 N–H and O–H groups in total. The predicted molar refractivity (Wildman–Crippen MR) is 124 cm³/mol. The van der Waals surface area contributed by atoms with Gasteiger partial charge in [0.05, 0.1) is 25.3 Å². The van der Waals surface area contributed by atoms with Crippen LogP contribution in [0.1, 0.15) is 5.01 Å². The third-order valence-electron chi connectivity index (χ3n) is 6.09. The second-order valence-corrected chi connectivity index (χ2v) is 9.19. The molecule has 166 valence electrons. The van der Waals surface area contributed by atoms with Crippen LogP contribution in [0.2, 0.25) is 0 Å². The van der Waals surface area contributed by atoms with Gasteiger partial charge in [-0.05, 0) is 12.1 Å². The molecule has 4 aromatic rings. The van der Waals surface area contributed by atoms with Crippen molar-refractivity contribution in [3.8, 4) is 11.4 Å². The number of morpholine rings is 1. The van der Waals surface area contributed by atoms with E-state index in [0.29, 0.717) is 29.3 Å². The van der Waals surface area contributed by atoms with Gasteiger partial charge in [0, 0.05) is 56.4 Å². The Hall–Kier alpha value is -2.66. The molecule has 6 rings (SSSR count). The van der Waals surface area contributed by atoms with Crippen molar-refractivity contribution in [1.29, 1.82) is 0 Å². The summed E-state index contributed by atoms with van der Waals surface area (Å²) in [6, 6.07) is 7.33. The maximum Gasteiger partial charge on any atom is 0.163 e. The molecule has 8 nitrogen and oxygen atoms in total. The molecule has 2 saturated heterocycles. The smallest absolute Gasteiger partial charge is 0.163 e. The lowest BCUT2D eigenvalue weighted by molar-refractivity contribution is 0.122. The summed E-state index contributed by atoms with van der Waals surface area (Å²) in [6.07, 6.45) is 1.42. The van der Waals surface area contributed by atoms with Crippen LogP contribution < -0.4 is 10.2 Å². The van der Waals surface area contributed by atoms with Crippen molar-refractivity contribution in [1.82, 2.24) is 30.0 Å². The minimum absolute atomic E-state index is 0.517. The van der Waals surface area contributed by atoms with E-state index < -0.39 is 0 Å². The van der Waals surface area contributed by atoms with Crippen molar-refractivity contribution >= 4 is 38.4 Å². The number of benzene rings is 1. The number of ether oxygens (including phenoxy) is 1. The maximum atomic E-state index is 14.1. The van der Waals surface area contributed by atoms with Gasteiger partial charge >= 0.3 is 0 Å². The molecule has 2 aliphatic rings. The maximum absolute atomic E-state index is 14.1. The van der Waals surface area contributed by atoms with E-state index in [1.54, 1.807) is 23.5 Å². The van der Waals surface area contributed by atoms with Crippen molar-refractivity contribution in [3.63, 3.8) is 0 Å². The van der Waals surface area contributed by atoms with Gasteiger partial charge < -0.3 is 15.0 Å². The molecule has 5 heterocycles. The molecule has 1 aromatic carbocycles. The molecule has 0 radical (unpaired) electrons. The summed E-state index contributed by atoms with van der Waals surface area (Å²) >= 11 is 1.63. The second kappa shape index (κ2) is 8.36. The quantitative estimate of drug-likeness (QED) is 0.509. The van der Waals surface area contributed by atoms with Gasteiger partial charge in [-0.2, -0.15) is 4.79 Å². The molecule has 10 heteroatoms. The number of nitrogens with zero attached hydrogens (tertiary/aromatic N) is 6. The van der Waals surface area contributed by atoms with Crippen LogP contribution in [0.3, 0.4) is 0 Å². The monoisotopic (exact) mass is 453 g/mol. The first-order valence-electron chi connectivity index (χ1n) is 11.0. The number of thiazole rings is 1. The van der Waals surface area contributed by atoms with Crippen LogP contribution in [0, 0.1) is 0 Å². The molecular weight excluding hydrogens is 429 g/mol. The molecular formula is C22H24FN7OS. The topological polar surface area (TPSA) is 71.3 Å². The highest BCUT2D eigenvalue weighted by Gasteiger charge is 2.23. The second-order valence-electron chi connectivity index (χ2n) is 8.12. The van der Waals surface area contributed by atoms with E-state index >= 15 is 0 Å². The highest BCUT2D eigenvalue weighted by molar-refractivity contribution is 7.18. The van der Waals surface area contributed by atoms with E-state index in [0.717, 1.165) is 77.9 Å². The molecule has 2 aliphatic heterocycles. The van der Waals surface area contributed by atoms with Crippen molar-refractivity contribution in [2.24, 2.45) is 0 Å². The Morgan fingerprint density at radius 2 is 1.88 bits per heavy atom. The van der Waals surface area contributed by atoms with Crippen LogP contribution in [0.5, 0.6) is 0 Å². The molecule has 0 saturated carbocycles. The van der Waals surface area contributed by atoms with E-state index in [4.69, 9.17) is 19.7 Å². The van der Waals surface area contributed by atoms with Gasteiger partial charge in [-0.3, -0.25) is 4.90 Å². The van der Waals surface area contributed by atoms with Gasteiger partial charge in [-0.15, -0.1) is 0 Å². The predicted octanol–water partition coefficient (Wildman–Crippen LogP) is 2.68. The molecule has 0 atom stereocenters. The van der Waals surface area contributed by atoms with E-state index in [9.17, 15) is 4.48 Å². The fraction of sp³-hybridized carbons (Fsp3) is 0.409. The van der Waals surface area contributed by atoms with Gasteiger partial charge in [-0.25, -0.2) is 15.0 Å². The Labute approximate surface area is 188 Å². The fourth-order valence-electron chi connectivity index (χ4n) is 4.43. The summed E-state index contributed by atoms with van der Waals surface area (Å²) in [6.45, 7) is 7.73. The van der Waals surface area contributed by atoms with Crippen LogP contribution >= 0.6 is 11.3 Å². The Morgan fingerprint density at radius 1 is 1.03 bits per heavy atom. The van der Waals surface area contributed by atoms with Crippen LogP contribution in [-0.2, 0) is 11.3 Å². The molecule has 0 spiro atoms. The Kier molecular flexibility index (Phi) is 5.22. The zero-order valence-corrected chi connectivity index (χ0v) is 18.4. The van der Waals surface area contributed by atoms with Crippen molar-refractivity contribution in [2.75, 3.05) is 57.4 Å². The van der Waals surface area contributed by atoms with Crippen LogP contribution in [0.25, 0.3) is 32.6 Å². The number of rotatable bonds is 4. The van der Waals surface area contributed by atoms with Crippen LogP contribution in [0.4, 0.5) is 10.3 Å². The minimum Gasteiger partial charge on any atom is -0.378 e. The molecule has 2 fully saturated rings. The van der Waals surface area contributed by atoms with Crippen molar-refractivity contribution < 1.29 is 9.22 Å². The molecule has 0 aliphatic carbocycles. The summed E-state index contributed by atoms with van der Waals surface area (Å²) in [5, 5.41) is 5.24. The number of aromatic nitrogens is 4. The highest BCUT2D eigenvalue weighted by atomic mass is 32.1. The van der Waals surface area contributed by atoms with E-state index in [2.05, 4.69) is 15.1 Å². The number of hydrogen-bond acceptors (Lipinski definition) is 8. The number of halogens is 1. The summed E-state index contributed by atoms with van der Waals surface area (Å²) in [5.74, 6) is 1.45. The Morgan fingerprint density at radius 3 is 2.72 bits per heavy atom. The van der Waals surface area contributed by atoms with Gasteiger partial charge in [0.1, 0.15) is 15.4 Å². The number of anilines is 1. The summed E-state index contributed by atoms with van der Waals surface area (Å²) in [5.41, 5.74) is 2.19. The first kappa shape index (κ1) is 20.0. The lowest BCUT2D eigenvalue weighted by Gasteiger charge is -2.28. The van der Waals surface area contributed by atoms with Gasteiger partial charge in [0.15, 0.2) is 11.6 Å². The third kappa shape index (κ3) is 3.62. The number of piperazine rings is 1. The normalized spacial score (nSPS) is 18.1. The summed E-state index contributed by atoms with van der Waals surface area (Å²) in [7, 11) is 0. The largest absolute Gasteiger partial charge is 0.378 e. The van der Waals surface area contributed by atoms with Crippen LogP contribution in [-0.4, -0.2) is 77.1 Å². The lowest BCUT2D eigenvalue weighted by atomic mass is 10.1. The van der Waals surface area contributed by atoms with Crippen LogP contribution in [0.15, 0.2) is 30.5 Å². The molecule has 32 heavy (non-hydrogen) atoms. The van der Waals surface area contributed by atoms with Gasteiger partial charge in [0.25, 0.3) is 0 Å². The summed E-state index contributed by atoms with van der Waals surface area (Å²) in [4.78, 5) is 21.0. The first-order valence-corrected chi connectivity index (χ1v) is 11.8. The first-order chi connectivity index (χ1) is 15.8. The fourth-order valence-corrected chi connectivity index (χ4v) is 5.40. The zero-order valence-electron chi connectivity index (χ0n) is 17.6. The van der Waals surface area contributed by atoms with E-state index in [-0.39, 0.29) is 0 Å². The van der Waals surface area contributed by atoms with Gasteiger partial charge in [0.2, 0.25) is 0 Å². The van der Waals surface area contributed by atoms with E-state index in [1.807, 2.05) is 12.1 Å². The van der Waals surface area contributed by atoms with Crippen molar-refractivity contribution in [3.05, 3.63) is 35.5 Å². The summed E-state index contributed by atoms with van der Waals surface area (Å²) < 4.78 is 19.7. The Bertz CT molecular complexity index is 1260. The van der Waals surface area contributed by atoms with Gasteiger partial charge in [-0.1, -0.05) is 28.0 Å². The van der Waals surface area contributed by atoms with Crippen molar-refractivity contribution in [2.45, 2.75) is 6.54 Å². The standard InChI is InChI=1S/C22H24FN7OS/c23-30-7-4-15-16(2-1-3-17(15)30)20-26-21(29-10-12-31-13-11-29)19-22(27-20)32-18(25-19)14-28-8-5-24-6-9-28/h1-4,7,24H,5-6,8-14H2.